The molecule has 23 heavy (non-hydrogen) atoms. The van der Waals surface area contributed by atoms with Crippen molar-refractivity contribution in [2.45, 2.75) is 64.8 Å². The third kappa shape index (κ3) is 4.81. The summed E-state index contributed by atoms with van der Waals surface area (Å²) in [5, 5.41) is 5.55. The molecule has 2 rings (SSSR count). The zero-order valence-corrected chi connectivity index (χ0v) is 14.6. The van der Waals surface area contributed by atoms with Gasteiger partial charge >= 0.3 is 11.8 Å². The Bertz CT molecular complexity index is 558. The fourth-order valence-electron chi connectivity index (χ4n) is 3.01. The molecule has 0 aliphatic heterocycles. The Hall–Kier alpha value is -1.84. The third-order valence-corrected chi connectivity index (χ3v) is 4.64. The normalized spacial score (nSPS) is 21.6. The molecule has 1 aromatic rings. The Morgan fingerprint density at radius 1 is 1.00 bits per heavy atom. The molecule has 0 heterocycles. The van der Waals surface area contributed by atoms with E-state index < -0.39 is 11.8 Å². The zero-order chi connectivity index (χ0) is 17.0. The highest BCUT2D eigenvalue weighted by Crippen LogP contribution is 2.24. The highest BCUT2D eigenvalue weighted by molar-refractivity contribution is 6.39. The zero-order valence-electron chi connectivity index (χ0n) is 14.6. The molecule has 1 aliphatic rings. The van der Waals surface area contributed by atoms with Crippen molar-refractivity contribution in [3.63, 3.8) is 0 Å². The van der Waals surface area contributed by atoms with Crippen LogP contribution in [0.25, 0.3) is 0 Å². The average Bonchev–Trinajstić information content (AvgIpc) is 2.49. The molecule has 0 aromatic heterocycles. The van der Waals surface area contributed by atoms with Crippen molar-refractivity contribution in [1.29, 1.82) is 0 Å². The van der Waals surface area contributed by atoms with Gasteiger partial charge < -0.3 is 10.6 Å². The van der Waals surface area contributed by atoms with Crippen molar-refractivity contribution >= 4 is 17.5 Å². The lowest BCUT2D eigenvalue weighted by Gasteiger charge is -2.29. The summed E-state index contributed by atoms with van der Waals surface area (Å²) >= 11 is 0. The van der Waals surface area contributed by atoms with E-state index in [2.05, 4.69) is 38.3 Å². The van der Waals surface area contributed by atoms with Crippen LogP contribution in [-0.4, -0.2) is 17.9 Å². The van der Waals surface area contributed by atoms with Gasteiger partial charge in [0.2, 0.25) is 0 Å². The van der Waals surface area contributed by atoms with Gasteiger partial charge in [-0.2, -0.15) is 0 Å². The molecule has 1 aromatic carbocycles. The van der Waals surface area contributed by atoms with Gasteiger partial charge in [0.15, 0.2) is 0 Å². The molecule has 126 valence electrons. The second-order valence-electron chi connectivity index (χ2n) is 7.62. The SMILES string of the molecule is C[C@H]1CCCC[C@H]1NC(=O)C(=O)Nc1ccc(C(C)(C)C)cc1. The Balaban J connectivity index is 1.91. The monoisotopic (exact) mass is 316 g/mol. The molecule has 0 radical (unpaired) electrons. The minimum Gasteiger partial charge on any atom is -0.345 e. The van der Waals surface area contributed by atoms with Crippen LogP contribution in [0.1, 0.15) is 58.9 Å². The van der Waals surface area contributed by atoms with Crippen molar-refractivity contribution in [3.05, 3.63) is 29.8 Å². The highest BCUT2D eigenvalue weighted by Gasteiger charge is 2.25. The third-order valence-electron chi connectivity index (χ3n) is 4.64. The molecule has 4 nitrogen and oxygen atoms in total. The molecule has 2 atom stereocenters. The summed E-state index contributed by atoms with van der Waals surface area (Å²) in [6.07, 6.45) is 4.40. The van der Waals surface area contributed by atoms with E-state index in [1.807, 2.05) is 24.3 Å². The molecule has 4 heteroatoms. The number of anilines is 1. The molecule has 1 saturated carbocycles. The Morgan fingerprint density at radius 2 is 1.61 bits per heavy atom. The van der Waals surface area contributed by atoms with Crippen LogP contribution < -0.4 is 10.6 Å². The molecule has 2 N–H and O–H groups in total. The first-order chi connectivity index (χ1) is 10.8. The van der Waals surface area contributed by atoms with Gasteiger partial charge in [0.05, 0.1) is 0 Å². The predicted octanol–water partition coefficient (Wildman–Crippen LogP) is 3.62. The van der Waals surface area contributed by atoms with E-state index in [1.165, 1.54) is 12.0 Å². The number of carbonyl (C=O) groups is 2. The predicted molar refractivity (Wildman–Crippen MR) is 93.3 cm³/mol. The van der Waals surface area contributed by atoms with Gasteiger partial charge in [0, 0.05) is 11.7 Å². The van der Waals surface area contributed by atoms with E-state index in [4.69, 9.17) is 0 Å². The van der Waals surface area contributed by atoms with Gasteiger partial charge in [-0.15, -0.1) is 0 Å². The summed E-state index contributed by atoms with van der Waals surface area (Å²) in [6, 6.07) is 7.77. The highest BCUT2D eigenvalue weighted by atomic mass is 16.2. The van der Waals surface area contributed by atoms with Gasteiger partial charge in [-0.1, -0.05) is 52.7 Å². The minimum atomic E-state index is -0.591. The number of benzene rings is 1. The maximum atomic E-state index is 12.1. The first-order valence-corrected chi connectivity index (χ1v) is 8.50. The molecule has 1 fully saturated rings. The van der Waals surface area contributed by atoms with Crippen LogP contribution in [0.4, 0.5) is 5.69 Å². The lowest BCUT2D eigenvalue weighted by Crippen LogP contribution is -2.45. The van der Waals surface area contributed by atoms with Crippen molar-refractivity contribution in [1.82, 2.24) is 5.32 Å². The van der Waals surface area contributed by atoms with E-state index in [-0.39, 0.29) is 11.5 Å². The first kappa shape index (κ1) is 17.5. The van der Waals surface area contributed by atoms with Crippen molar-refractivity contribution in [3.8, 4) is 0 Å². The maximum Gasteiger partial charge on any atom is 0.313 e. The lowest BCUT2D eigenvalue weighted by atomic mass is 9.86. The lowest BCUT2D eigenvalue weighted by molar-refractivity contribution is -0.137. The molecule has 0 bridgehead atoms. The van der Waals surface area contributed by atoms with Crippen LogP contribution in [0.5, 0.6) is 0 Å². The standard InChI is InChI=1S/C19H28N2O2/c1-13-7-5-6-8-16(13)21-18(23)17(22)20-15-11-9-14(10-12-15)19(2,3)4/h9-13,16H,5-8H2,1-4H3,(H,20,22)(H,21,23)/t13-,16+/m0/s1. The summed E-state index contributed by atoms with van der Waals surface area (Å²) in [5.74, 6) is -0.693. The van der Waals surface area contributed by atoms with Crippen molar-refractivity contribution in [2.24, 2.45) is 5.92 Å². The Kier molecular flexibility index (Phi) is 5.45. The van der Waals surface area contributed by atoms with Crippen molar-refractivity contribution in [2.75, 3.05) is 5.32 Å². The van der Waals surface area contributed by atoms with Crippen LogP contribution in [0.15, 0.2) is 24.3 Å². The summed E-state index contributed by atoms with van der Waals surface area (Å²) in [4.78, 5) is 24.1. The van der Waals surface area contributed by atoms with Crippen LogP contribution in [-0.2, 0) is 15.0 Å². The van der Waals surface area contributed by atoms with Gasteiger partial charge in [0.1, 0.15) is 0 Å². The maximum absolute atomic E-state index is 12.1. The van der Waals surface area contributed by atoms with E-state index in [1.54, 1.807) is 0 Å². The number of hydrogen-bond acceptors (Lipinski definition) is 2. The number of rotatable bonds is 2. The second-order valence-corrected chi connectivity index (χ2v) is 7.62. The Morgan fingerprint density at radius 3 is 2.17 bits per heavy atom. The molecule has 0 spiro atoms. The number of hydrogen-bond donors (Lipinski definition) is 2. The molecule has 2 amide bonds. The summed E-state index contributed by atoms with van der Waals surface area (Å²) in [6.45, 7) is 8.55. The number of amides is 2. The quantitative estimate of drug-likeness (QED) is 0.819. The molecule has 1 aliphatic carbocycles. The van der Waals surface area contributed by atoms with Gasteiger partial charge in [-0.3, -0.25) is 9.59 Å². The number of carbonyl (C=O) groups excluding carboxylic acids is 2. The fourth-order valence-corrected chi connectivity index (χ4v) is 3.01. The molecule has 0 unspecified atom stereocenters. The Labute approximate surface area is 139 Å². The van der Waals surface area contributed by atoms with E-state index in [0.29, 0.717) is 11.6 Å². The van der Waals surface area contributed by atoms with Crippen LogP contribution in [0, 0.1) is 5.92 Å². The molecular formula is C19H28N2O2. The van der Waals surface area contributed by atoms with Crippen LogP contribution in [0.2, 0.25) is 0 Å². The fraction of sp³-hybridized carbons (Fsp3) is 0.579. The van der Waals surface area contributed by atoms with E-state index >= 15 is 0 Å². The van der Waals surface area contributed by atoms with Crippen LogP contribution >= 0.6 is 0 Å². The van der Waals surface area contributed by atoms with Crippen LogP contribution in [0.3, 0.4) is 0 Å². The molecular weight excluding hydrogens is 288 g/mol. The van der Waals surface area contributed by atoms with Gasteiger partial charge in [-0.05, 0) is 41.9 Å². The smallest absolute Gasteiger partial charge is 0.313 e. The van der Waals surface area contributed by atoms with E-state index in [9.17, 15) is 9.59 Å². The molecule has 0 saturated heterocycles. The summed E-state index contributed by atoms with van der Waals surface area (Å²) in [5.41, 5.74) is 1.91. The average molecular weight is 316 g/mol. The van der Waals surface area contributed by atoms with E-state index in [0.717, 1.165) is 19.3 Å². The topological polar surface area (TPSA) is 58.2 Å². The summed E-state index contributed by atoms with van der Waals surface area (Å²) in [7, 11) is 0. The minimum absolute atomic E-state index is 0.0665. The second kappa shape index (κ2) is 7.16. The van der Waals surface area contributed by atoms with Gasteiger partial charge in [-0.25, -0.2) is 0 Å². The van der Waals surface area contributed by atoms with Crippen molar-refractivity contribution < 1.29 is 9.59 Å². The first-order valence-electron chi connectivity index (χ1n) is 8.50. The largest absolute Gasteiger partial charge is 0.345 e. The summed E-state index contributed by atoms with van der Waals surface area (Å²) < 4.78 is 0. The van der Waals surface area contributed by atoms with Gasteiger partial charge in [0.25, 0.3) is 0 Å². The number of nitrogens with one attached hydrogen (secondary N) is 2.